The Morgan fingerprint density at radius 1 is 0.643 bits per heavy atom. The highest BCUT2D eigenvalue weighted by Gasteiger charge is 2.25. The zero-order valence-electron chi connectivity index (χ0n) is 8.63. The monoisotopic (exact) mass is 260 g/mol. The van der Waals surface area contributed by atoms with Gasteiger partial charge in [-0.15, -0.1) is 0 Å². The molecular weight excluding hydrogens is 248 g/mol. The van der Waals surface area contributed by atoms with E-state index in [1.165, 1.54) is 32.1 Å². The highest BCUT2D eigenvalue weighted by atomic mass is 33.7. The lowest BCUT2D eigenvalue weighted by atomic mass is 10.1. The molecule has 0 amide bonds. The maximum atomic E-state index is 2.24. The predicted octanol–water partition coefficient (Wildman–Crippen LogP) is 5.58. The summed E-state index contributed by atoms with van der Waals surface area (Å²) < 4.78 is 1.48. The summed E-state index contributed by atoms with van der Waals surface area (Å²) in [5.41, 5.74) is 7.37. The lowest BCUT2D eigenvalue weighted by molar-refractivity contribution is 1.31. The molecule has 76 valence electrons. The Labute approximate surface area is 101 Å². The van der Waals surface area contributed by atoms with Crippen molar-refractivity contribution in [2.24, 2.45) is 0 Å². The smallest absolute Gasteiger partial charge is 0.0443 e. The van der Waals surface area contributed by atoms with E-state index in [-0.39, 0.29) is 0 Å². The van der Waals surface area contributed by atoms with Crippen LogP contribution in [0, 0.1) is 0 Å². The van der Waals surface area contributed by atoms with Crippen molar-refractivity contribution in [1.29, 1.82) is 0 Å². The van der Waals surface area contributed by atoms with Crippen LogP contribution in [0.2, 0.25) is 0 Å². The Morgan fingerprint density at radius 3 is 1.50 bits per heavy atom. The molecule has 1 aliphatic carbocycles. The highest BCUT2D eigenvalue weighted by Crippen LogP contribution is 2.64. The molecule has 0 spiro atoms. The largest absolute Gasteiger partial charge is 0.0714 e. The molecule has 1 aliphatic heterocycles. The fourth-order valence-electron chi connectivity index (χ4n) is 1.71. The van der Waals surface area contributed by atoms with Crippen LogP contribution >= 0.6 is 41.2 Å². The molecule has 2 rings (SSSR count). The number of rotatable bonds is 0. The summed E-state index contributed by atoms with van der Waals surface area (Å²) in [6.07, 6.45) is 0. The third-order valence-electron chi connectivity index (χ3n) is 2.89. The van der Waals surface area contributed by atoms with Gasteiger partial charge in [-0.05, 0) is 91.2 Å². The van der Waals surface area contributed by atoms with Gasteiger partial charge < -0.3 is 0 Å². The van der Waals surface area contributed by atoms with Gasteiger partial charge in [0.2, 0.25) is 0 Å². The van der Waals surface area contributed by atoms with Gasteiger partial charge in [0, 0.05) is 5.57 Å². The zero-order chi connectivity index (χ0) is 10.3. The Bertz CT molecular complexity index is 340. The van der Waals surface area contributed by atoms with Crippen LogP contribution in [-0.4, -0.2) is 0 Å². The SMILES string of the molecule is CC1=C(C)C(=C2SSSS2)C(C)=C1C. The maximum absolute atomic E-state index is 2.24. The van der Waals surface area contributed by atoms with Crippen LogP contribution in [-0.2, 0) is 0 Å². The fraction of sp³-hybridized carbons (Fsp3) is 0.400. The molecule has 0 N–H and O–H groups in total. The van der Waals surface area contributed by atoms with Gasteiger partial charge in [0.1, 0.15) is 0 Å². The van der Waals surface area contributed by atoms with Gasteiger partial charge in [-0.3, -0.25) is 0 Å². The van der Waals surface area contributed by atoms with Crippen LogP contribution in [0.15, 0.2) is 32.1 Å². The van der Waals surface area contributed by atoms with E-state index in [0.717, 1.165) is 0 Å². The average molecular weight is 260 g/mol. The maximum Gasteiger partial charge on any atom is 0.0714 e. The van der Waals surface area contributed by atoms with E-state index in [4.69, 9.17) is 0 Å². The molecule has 0 bridgehead atoms. The van der Waals surface area contributed by atoms with E-state index in [0.29, 0.717) is 0 Å². The molecule has 0 aromatic heterocycles. The normalized spacial score (nSPS) is 23.1. The first-order chi connectivity index (χ1) is 6.63. The van der Waals surface area contributed by atoms with Crippen molar-refractivity contribution in [3.8, 4) is 0 Å². The van der Waals surface area contributed by atoms with Gasteiger partial charge in [-0.1, -0.05) is 0 Å². The summed E-state index contributed by atoms with van der Waals surface area (Å²) in [5.74, 6) is 0. The quantitative estimate of drug-likeness (QED) is 0.521. The van der Waals surface area contributed by atoms with Crippen molar-refractivity contribution in [2.45, 2.75) is 27.7 Å². The molecule has 0 atom stereocenters. The van der Waals surface area contributed by atoms with Crippen molar-refractivity contribution in [1.82, 2.24) is 0 Å². The molecule has 0 saturated carbocycles. The third kappa shape index (κ3) is 1.70. The van der Waals surface area contributed by atoms with E-state index in [1.807, 2.05) is 41.2 Å². The van der Waals surface area contributed by atoms with Crippen molar-refractivity contribution in [3.05, 3.63) is 32.1 Å². The van der Waals surface area contributed by atoms with E-state index in [9.17, 15) is 0 Å². The van der Waals surface area contributed by atoms with Gasteiger partial charge in [0.25, 0.3) is 0 Å². The molecule has 0 unspecified atom stereocenters. The summed E-state index contributed by atoms with van der Waals surface area (Å²) in [5, 5.41) is 0. The number of hydrogen-bond donors (Lipinski definition) is 0. The molecule has 0 radical (unpaired) electrons. The Kier molecular flexibility index (Phi) is 3.37. The molecule has 0 nitrogen and oxygen atoms in total. The summed E-state index contributed by atoms with van der Waals surface area (Å²) in [4.78, 5) is 0. The first kappa shape index (κ1) is 11.1. The van der Waals surface area contributed by atoms with Crippen LogP contribution in [0.1, 0.15) is 27.7 Å². The van der Waals surface area contributed by atoms with Gasteiger partial charge in [0.15, 0.2) is 0 Å². The minimum Gasteiger partial charge on any atom is -0.0443 e. The van der Waals surface area contributed by atoms with Gasteiger partial charge in [0.05, 0.1) is 4.24 Å². The van der Waals surface area contributed by atoms with Crippen LogP contribution < -0.4 is 0 Å². The minimum absolute atomic E-state index is 1.47. The van der Waals surface area contributed by atoms with E-state index in [2.05, 4.69) is 27.7 Å². The molecule has 1 saturated heterocycles. The van der Waals surface area contributed by atoms with Crippen molar-refractivity contribution >= 4 is 41.2 Å². The van der Waals surface area contributed by atoms with Gasteiger partial charge in [-0.25, -0.2) is 0 Å². The molecular formula is C10H12S4. The van der Waals surface area contributed by atoms with Crippen LogP contribution in [0.4, 0.5) is 0 Å². The predicted molar refractivity (Wildman–Crippen MR) is 74.1 cm³/mol. The molecule has 1 heterocycles. The standard InChI is InChI=1S/C10H12S4/c1-5-6(2)8(4)9(7(5)3)10-11-13-14-12-10/h1-4H3. The first-order valence-electron chi connectivity index (χ1n) is 4.41. The van der Waals surface area contributed by atoms with Gasteiger partial charge in [-0.2, -0.15) is 0 Å². The van der Waals surface area contributed by atoms with Crippen LogP contribution in [0.3, 0.4) is 0 Å². The highest BCUT2D eigenvalue weighted by molar-refractivity contribution is 9.32. The van der Waals surface area contributed by atoms with Crippen molar-refractivity contribution in [2.75, 3.05) is 0 Å². The lowest BCUT2D eigenvalue weighted by Gasteiger charge is -2.05. The molecule has 0 aromatic carbocycles. The van der Waals surface area contributed by atoms with E-state index in [1.54, 1.807) is 0 Å². The number of allylic oxidation sites excluding steroid dienone is 5. The average Bonchev–Trinajstić information content (AvgIpc) is 2.73. The third-order valence-corrected chi connectivity index (χ3v) is 9.72. The van der Waals surface area contributed by atoms with E-state index < -0.39 is 0 Å². The molecule has 4 heteroatoms. The minimum atomic E-state index is 1.47. The second-order valence-corrected chi connectivity index (χ2v) is 9.41. The molecule has 0 aromatic rings. The second kappa shape index (κ2) is 4.24. The summed E-state index contributed by atoms with van der Waals surface area (Å²) >= 11 is 0. The summed E-state index contributed by atoms with van der Waals surface area (Å²) in [6, 6.07) is 0. The second-order valence-electron chi connectivity index (χ2n) is 3.47. The fourth-order valence-corrected chi connectivity index (χ4v) is 9.43. The molecule has 2 aliphatic rings. The zero-order valence-corrected chi connectivity index (χ0v) is 11.9. The van der Waals surface area contributed by atoms with Gasteiger partial charge >= 0.3 is 0 Å². The van der Waals surface area contributed by atoms with Crippen LogP contribution in [0.5, 0.6) is 0 Å². The summed E-state index contributed by atoms with van der Waals surface area (Å²) in [6.45, 7) is 8.94. The van der Waals surface area contributed by atoms with Crippen molar-refractivity contribution < 1.29 is 0 Å². The Morgan fingerprint density at radius 2 is 1.07 bits per heavy atom. The number of hydrogen-bond acceptors (Lipinski definition) is 4. The lowest BCUT2D eigenvalue weighted by Crippen LogP contribution is -1.84. The summed E-state index contributed by atoms with van der Waals surface area (Å²) in [7, 11) is 7.55. The Balaban J connectivity index is 2.52. The molecule has 14 heavy (non-hydrogen) atoms. The van der Waals surface area contributed by atoms with E-state index >= 15 is 0 Å². The van der Waals surface area contributed by atoms with Crippen LogP contribution in [0.25, 0.3) is 0 Å². The molecule has 1 fully saturated rings. The first-order valence-corrected chi connectivity index (χ1v) is 9.22. The van der Waals surface area contributed by atoms with Crippen molar-refractivity contribution in [3.63, 3.8) is 0 Å². The topological polar surface area (TPSA) is 0 Å². The Hall–Kier alpha value is 0.620.